The largest absolute Gasteiger partial charge is 0.375 e. The van der Waals surface area contributed by atoms with Crippen molar-refractivity contribution < 1.29 is 14.7 Å². The van der Waals surface area contributed by atoms with Gasteiger partial charge in [-0.3, -0.25) is 9.59 Å². The van der Waals surface area contributed by atoms with E-state index in [1.807, 2.05) is 48.5 Å². The van der Waals surface area contributed by atoms with Gasteiger partial charge >= 0.3 is 0 Å². The van der Waals surface area contributed by atoms with Crippen LogP contribution in [-0.4, -0.2) is 23.3 Å². The molecule has 3 rings (SSSR count). The molecular weight excluding hydrogens is 350 g/mol. The Morgan fingerprint density at radius 1 is 1.07 bits per heavy atom. The van der Waals surface area contributed by atoms with Gasteiger partial charge in [-0.25, -0.2) is 0 Å². The number of carbonyl (C=O) groups excluding carboxylic acids is 2. The van der Waals surface area contributed by atoms with Crippen molar-refractivity contribution in [3.8, 4) is 0 Å². The number of hydrogen-bond acceptors (Lipinski definition) is 3. The number of ketones is 1. The number of aliphatic hydroxyl groups is 1. The monoisotopic (exact) mass is 375 g/mol. The molecule has 4 nitrogen and oxygen atoms in total. The average Bonchev–Trinajstić information content (AvgIpc) is 2.92. The van der Waals surface area contributed by atoms with Gasteiger partial charge in [-0.1, -0.05) is 80.1 Å². The summed E-state index contributed by atoms with van der Waals surface area (Å²) in [6.45, 7) is 2.59. The van der Waals surface area contributed by atoms with Crippen molar-refractivity contribution in [3.63, 3.8) is 0 Å². The highest BCUT2D eigenvalue weighted by Gasteiger charge is 2.50. The van der Waals surface area contributed by atoms with Crippen LogP contribution in [0.15, 0.2) is 72.8 Å². The van der Waals surface area contributed by atoms with Gasteiger partial charge in [0.15, 0.2) is 11.4 Å². The summed E-state index contributed by atoms with van der Waals surface area (Å²) in [6, 6.07) is 16.9. The topological polar surface area (TPSA) is 57.6 Å². The number of anilines is 1. The molecule has 1 unspecified atom stereocenters. The smallest absolute Gasteiger partial charge is 0.264 e. The molecule has 1 atom stereocenters. The quantitative estimate of drug-likeness (QED) is 0.554. The lowest BCUT2D eigenvalue weighted by molar-refractivity contribution is -0.140. The summed E-state index contributed by atoms with van der Waals surface area (Å²) in [6.07, 6.45) is 8.23. The Morgan fingerprint density at radius 2 is 1.79 bits per heavy atom. The van der Waals surface area contributed by atoms with Crippen molar-refractivity contribution in [2.75, 3.05) is 11.4 Å². The van der Waals surface area contributed by atoms with Gasteiger partial charge in [0, 0.05) is 12.1 Å². The number of fused-ring (bicyclic) bond motifs is 1. The zero-order valence-electron chi connectivity index (χ0n) is 16.0. The Kier molecular flexibility index (Phi) is 6.22. The lowest BCUT2D eigenvalue weighted by atomic mass is 9.90. The third-order valence-electron chi connectivity index (χ3n) is 4.89. The van der Waals surface area contributed by atoms with E-state index >= 15 is 0 Å². The second kappa shape index (κ2) is 8.81. The molecule has 28 heavy (non-hydrogen) atoms. The van der Waals surface area contributed by atoms with Crippen molar-refractivity contribution in [3.05, 3.63) is 84.0 Å². The number of allylic oxidation sites excluding steroid dienone is 3. The van der Waals surface area contributed by atoms with E-state index in [4.69, 9.17) is 0 Å². The van der Waals surface area contributed by atoms with E-state index in [9.17, 15) is 14.7 Å². The second-order valence-corrected chi connectivity index (χ2v) is 6.96. The number of unbranched alkanes of at least 4 members (excludes halogenated alkanes) is 1. The lowest BCUT2D eigenvalue weighted by Crippen LogP contribution is -2.42. The highest BCUT2D eigenvalue weighted by molar-refractivity contribution is 6.09. The van der Waals surface area contributed by atoms with Crippen LogP contribution in [0.2, 0.25) is 0 Å². The zero-order valence-corrected chi connectivity index (χ0v) is 16.0. The standard InChI is InChI=1S/C24H25NO3/c1-2-3-17-25-22-16-10-9-15-21(22)24(28,23(25)27)18-20(26)14-8-7-13-19-11-5-4-6-12-19/h4-16,28H,2-3,17-18H2,1H3/b13-7+,14-8+. The predicted octanol–water partition coefficient (Wildman–Crippen LogP) is 4.25. The average molecular weight is 375 g/mol. The molecule has 144 valence electrons. The molecule has 0 spiro atoms. The summed E-state index contributed by atoms with van der Waals surface area (Å²) in [7, 11) is 0. The third-order valence-corrected chi connectivity index (χ3v) is 4.89. The van der Waals surface area contributed by atoms with E-state index in [1.165, 1.54) is 6.08 Å². The van der Waals surface area contributed by atoms with Crippen LogP contribution >= 0.6 is 0 Å². The van der Waals surface area contributed by atoms with E-state index < -0.39 is 11.5 Å². The first-order valence-corrected chi connectivity index (χ1v) is 9.62. The Morgan fingerprint density at radius 3 is 2.54 bits per heavy atom. The normalized spacial score (nSPS) is 18.9. The fourth-order valence-electron chi connectivity index (χ4n) is 3.42. The number of rotatable bonds is 8. The molecule has 0 aromatic heterocycles. The maximum atomic E-state index is 12.9. The fourth-order valence-corrected chi connectivity index (χ4v) is 3.42. The molecule has 0 saturated heterocycles. The van der Waals surface area contributed by atoms with Gasteiger partial charge in [0.1, 0.15) is 0 Å². The van der Waals surface area contributed by atoms with Crippen molar-refractivity contribution in [1.82, 2.24) is 0 Å². The maximum absolute atomic E-state index is 12.9. The van der Waals surface area contributed by atoms with Crippen LogP contribution in [0.3, 0.4) is 0 Å². The number of hydrogen-bond donors (Lipinski definition) is 1. The van der Waals surface area contributed by atoms with Gasteiger partial charge < -0.3 is 10.0 Å². The summed E-state index contributed by atoms with van der Waals surface area (Å²) in [4.78, 5) is 27.0. The first-order chi connectivity index (χ1) is 13.6. The Bertz CT molecular complexity index is 901. The van der Waals surface area contributed by atoms with Crippen LogP contribution in [0.5, 0.6) is 0 Å². The van der Waals surface area contributed by atoms with Crippen molar-refractivity contribution in [2.45, 2.75) is 31.8 Å². The number of benzene rings is 2. The van der Waals surface area contributed by atoms with Crippen molar-refractivity contribution in [1.29, 1.82) is 0 Å². The Balaban J connectivity index is 1.73. The van der Waals surface area contributed by atoms with Gasteiger partial charge in [0.25, 0.3) is 5.91 Å². The van der Waals surface area contributed by atoms with Crippen LogP contribution in [0.25, 0.3) is 6.08 Å². The molecule has 2 aromatic rings. The Labute approximate surface area is 165 Å². The molecular formula is C24H25NO3. The molecule has 1 aliphatic heterocycles. The van der Waals surface area contributed by atoms with Crippen LogP contribution in [0.4, 0.5) is 5.69 Å². The molecule has 1 aliphatic rings. The summed E-state index contributed by atoms with van der Waals surface area (Å²) in [5.41, 5.74) is 0.445. The first kappa shape index (κ1) is 19.8. The predicted molar refractivity (Wildman–Crippen MR) is 112 cm³/mol. The highest BCUT2D eigenvalue weighted by atomic mass is 16.3. The van der Waals surface area contributed by atoms with E-state index in [0.717, 1.165) is 18.4 Å². The molecule has 0 bridgehead atoms. The molecule has 1 N–H and O–H groups in total. The molecule has 1 heterocycles. The van der Waals surface area contributed by atoms with Crippen LogP contribution < -0.4 is 4.90 Å². The zero-order chi connectivity index (χ0) is 20.0. The van der Waals surface area contributed by atoms with Gasteiger partial charge in [-0.15, -0.1) is 0 Å². The minimum atomic E-state index is -1.80. The van der Waals surface area contributed by atoms with Gasteiger partial charge in [0.05, 0.1) is 12.1 Å². The number of nitrogens with zero attached hydrogens (tertiary/aromatic N) is 1. The van der Waals surface area contributed by atoms with Crippen molar-refractivity contribution >= 4 is 23.5 Å². The SMILES string of the molecule is CCCCN1C(=O)C(O)(CC(=O)/C=C/C=C/c2ccccc2)c2ccccc21. The van der Waals surface area contributed by atoms with Gasteiger partial charge in [-0.05, 0) is 24.1 Å². The molecule has 0 aliphatic carbocycles. The summed E-state index contributed by atoms with van der Waals surface area (Å²) in [5, 5.41) is 11.1. The van der Waals surface area contributed by atoms with Gasteiger partial charge in [-0.2, -0.15) is 0 Å². The van der Waals surface area contributed by atoms with E-state index in [1.54, 1.807) is 29.2 Å². The third kappa shape index (κ3) is 4.12. The molecule has 1 amide bonds. The van der Waals surface area contributed by atoms with Crippen molar-refractivity contribution in [2.24, 2.45) is 0 Å². The lowest BCUT2D eigenvalue weighted by Gasteiger charge is -2.22. The minimum Gasteiger partial charge on any atom is -0.375 e. The number of carbonyl (C=O) groups is 2. The molecule has 4 heteroatoms. The molecule has 0 radical (unpaired) electrons. The molecule has 0 fully saturated rings. The van der Waals surface area contributed by atoms with Crippen LogP contribution in [0, 0.1) is 0 Å². The highest BCUT2D eigenvalue weighted by Crippen LogP contribution is 2.42. The second-order valence-electron chi connectivity index (χ2n) is 6.96. The number of amides is 1. The van der Waals surface area contributed by atoms with Crippen LogP contribution in [-0.2, 0) is 15.2 Å². The van der Waals surface area contributed by atoms with E-state index in [0.29, 0.717) is 17.8 Å². The minimum absolute atomic E-state index is 0.263. The maximum Gasteiger partial charge on any atom is 0.264 e. The summed E-state index contributed by atoms with van der Waals surface area (Å²) in [5.74, 6) is -0.704. The first-order valence-electron chi connectivity index (χ1n) is 9.62. The van der Waals surface area contributed by atoms with E-state index in [2.05, 4.69) is 6.92 Å². The molecule has 0 saturated carbocycles. The summed E-state index contributed by atoms with van der Waals surface area (Å²) >= 11 is 0. The van der Waals surface area contributed by atoms with Crippen LogP contribution in [0.1, 0.15) is 37.3 Å². The number of para-hydroxylation sites is 1. The summed E-state index contributed by atoms with van der Waals surface area (Å²) < 4.78 is 0. The molecule has 2 aromatic carbocycles. The Hall–Kier alpha value is -2.98. The van der Waals surface area contributed by atoms with Gasteiger partial charge in [0.2, 0.25) is 0 Å². The van der Waals surface area contributed by atoms with E-state index in [-0.39, 0.29) is 12.2 Å². The fraction of sp³-hybridized carbons (Fsp3) is 0.250.